The maximum Gasteiger partial charge on any atom is 0.0725 e. The fourth-order valence-corrected chi connectivity index (χ4v) is 10.3. The molecule has 346 valence electrons. The molecule has 0 aliphatic heterocycles. The van der Waals surface area contributed by atoms with Gasteiger partial charge < -0.3 is 0 Å². The van der Waals surface area contributed by atoms with E-state index in [0.29, 0.717) is 11.8 Å². The number of aryl methyl sites for hydroxylation is 2. The topological polar surface area (TPSA) is 0 Å². The molecule has 4 aliphatic rings. The van der Waals surface area contributed by atoms with Gasteiger partial charge in [-0.25, -0.2) is 0 Å². The van der Waals surface area contributed by atoms with Crippen molar-refractivity contribution in [2.24, 2.45) is 5.92 Å². The quantitative estimate of drug-likeness (QED) is 0.165. The second kappa shape index (κ2) is 23.6. The average molecular weight is 899 g/mol. The molecule has 12 rings (SSSR count). The van der Waals surface area contributed by atoms with Crippen LogP contribution in [0.2, 0.25) is 0 Å². The van der Waals surface area contributed by atoms with Gasteiger partial charge in [-0.3, -0.25) is 0 Å². The molecule has 1 spiro atoms. The highest BCUT2D eigenvalue weighted by molar-refractivity contribution is 5.98. The Morgan fingerprint density at radius 3 is 1.51 bits per heavy atom. The van der Waals surface area contributed by atoms with Gasteiger partial charge in [-0.05, 0) is 104 Å². The number of fused-ring (bicyclic) bond motifs is 11. The van der Waals surface area contributed by atoms with Crippen LogP contribution in [0.4, 0.5) is 0 Å². The van der Waals surface area contributed by atoms with Crippen molar-refractivity contribution < 1.29 is 0 Å². The summed E-state index contributed by atoms with van der Waals surface area (Å²) >= 11 is 0. The van der Waals surface area contributed by atoms with Gasteiger partial charge in [0.15, 0.2) is 0 Å². The van der Waals surface area contributed by atoms with Crippen LogP contribution in [0.3, 0.4) is 0 Å². The van der Waals surface area contributed by atoms with E-state index in [4.69, 9.17) is 0 Å². The number of hydrogen-bond donors (Lipinski definition) is 0. The largest absolute Gasteiger partial charge is 0.0767 e. The van der Waals surface area contributed by atoms with Crippen LogP contribution in [-0.4, -0.2) is 0 Å². The van der Waals surface area contributed by atoms with Gasteiger partial charge in [-0.15, -0.1) is 0 Å². The van der Waals surface area contributed by atoms with Crippen molar-refractivity contribution >= 4 is 5.57 Å². The second-order valence-electron chi connectivity index (χ2n) is 17.3. The lowest BCUT2D eigenvalue weighted by molar-refractivity contribution is 0.788. The molecular weight excluding hydrogens is 829 g/mol. The van der Waals surface area contributed by atoms with Crippen LogP contribution in [0.1, 0.15) is 111 Å². The fourth-order valence-electron chi connectivity index (χ4n) is 10.3. The number of rotatable bonds is 4. The summed E-state index contributed by atoms with van der Waals surface area (Å²) in [6.45, 7) is 18.5. The summed E-state index contributed by atoms with van der Waals surface area (Å²) in [7, 11) is 0. The lowest BCUT2D eigenvalue weighted by Gasteiger charge is -2.30. The molecule has 69 heavy (non-hydrogen) atoms. The molecule has 2 atom stereocenters. The van der Waals surface area contributed by atoms with Gasteiger partial charge in [-0.1, -0.05) is 296 Å². The Bertz CT molecular complexity index is 3000. The molecule has 0 N–H and O–H groups in total. The molecule has 0 aromatic heterocycles. The van der Waals surface area contributed by atoms with Crippen LogP contribution in [0, 0.1) is 19.8 Å². The monoisotopic (exact) mass is 899 g/mol. The maximum atomic E-state index is 2.38. The van der Waals surface area contributed by atoms with E-state index in [9.17, 15) is 0 Å². The highest BCUT2D eigenvalue weighted by Crippen LogP contribution is 2.63. The summed E-state index contributed by atoms with van der Waals surface area (Å²) in [6.07, 6.45) is 14.7. The molecule has 0 radical (unpaired) electrons. The lowest BCUT2D eigenvalue weighted by Crippen LogP contribution is -2.25. The van der Waals surface area contributed by atoms with Crippen LogP contribution < -0.4 is 0 Å². The number of hydrogen-bond acceptors (Lipinski definition) is 0. The minimum absolute atomic E-state index is 0.265. The van der Waals surface area contributed by atoms with E-state index in [1.807, 2.05) is 59.7 Å². The van der Waals surface area contributed by atoms with Crippen molar-refractivity contribution in [3.63, 3.8) is 0 Å². The van der Waals surface area contributed by atoms with Crippen molar-refractivity contribution in [1.82, 2.24) is 0 Å². The van der Waals surface area contributed by atoms with Crippen LogP contribution >= 0.6 is 0 Å². The predicted octanol–water partition coefficient (Wildman–Crippen LogP) is 19.4. The summed E-state index contributed by atoms with van der Waals surface area (Å²) in [6, 6.07) is 72.7. The first-order valence-corrected chi connectivity index (χ1v) is 25.4. The molecule has 2 unspecified atom stereocenters. The number of benzene rings is 8. The van der Waals surface area contributed by atoms with E-state index in [0.717, 1.165) is 6.42 Å². The Hall–Kier alpha value is -7.28. The van der Waals surface area contributed by atoms with Crippen molar-refractivity contribution in [2.45, 2.75) is 80.1 Å². The Labute approximate surface area is 415 Å². The van der Waals surface area contributed by atoms with Gasteiger partial charge in [0.1, 0.15) is 0 Å². The van der Waals surface area contributed by atoms with Gasteiger partial charge in [0.2, 0.25) is 0 Å². The van der Waals surface area contributed by atoms with E-state index >= 15 is 0 Å². The van der Waals surface area contributed by atoms with Crippen molar-refractivity contribution in [3.05, 3.63) is 292 Å². The van der Waals surface area contributed by atoms with E-state index < -0.39 is 0 Å². The molecule has 8 aromatic rings. The predicted molar refractivity (Wildman–Crippen MR) is 301 cm³/mol. The van der Waals surface area contributed by atoms with Crippen LogP contribution in [0.15, 0.2) is 242 Å². The summed E-state index contributed by atoms with van der Waals surface area (Å²) in [4.78, 5) is 0. The van der Waals surface area contributed by atoms with Crippen LogP contribution in [0.5, 0.6) is 0 Å². The molecule has 0 amide bonds. The molecule has 0 bridgehead atoms. The van der Waals surface area contributed by atoms with Gasteiger partial charge in [0, 0.05) is 11.8 Å². The Morgan fingerprint density at radius 1 is 0.420 bits per heavy atom. The molecule has 0 saturated heterocycles. The van der Waals surface area contributed by atoms with Gasteiger partial charge in [0.25, 0.3) is 0 Å². The van der Waals surface area contributed by atoms with Crippen molar-refractivity contribution in [1.29, 1.82) is 0 Å². The minimum atomic E-state index is -0.265. The third-order valence-corrected chi connectivity index (χ3v) is 13.5. The SMILES string of the molecule is C1=CC2=CC=C(c3cccc4c3-c3ccccc3C43c4ccccc4-c4ccccc43)CC2C=C1.CC.CC.CC.Cc1cccc(C(C)c2ccc(-c3ccccc3)cc2)c1.Cc1ccccc1. The summed E-state index contributed by atoms with van der Waals surface area (Å²) in [5, 5.41) is 0. The van der Waals surface area contributed by atoms with E-state index in [1.54, 1.807) is 0 Å². The Kier molecular flexibility index (Phi) is 17.0. The van der Waals surface area contributed by atoms with Crippen molar-refractivity contribution in [3.8, 4) is 33.4 Å². The second-order valence-corrected chi connectivity index (χ2v) is 17.3. The zero-order valence-corrected chi connectivity index (χ0v) is 42.4. The van der Waals surface area contributed by atoms with Gasteiger partial charge in [0.05, 0.1) is 5.41 Å². The van der Waals surface area contributed by atoms with Crippen molar-refractivity contribution in [2.75, 3.05) is 0 Å². The minimum Gasteiger partial charge on any atom is -0.0767 e. The summed E-state index contributed by atoms with van der Waals surface area (Å²) in [5.41, 5.74) is 23.0. The molecule has 8 aromatic carbocycles. The molecular formula is C69H70. The zero-order valence-electron chi connectivity index (χ0n) is 42.4. The normalized spacial score (nSPS) is 14.7. The highest BCUT2D eigenvalue weighted by Gasteiger charge is 2.52. The first-order chi connectivity index (χ1) is 34.0. The van der Waals surface area contributed by atoms with Gasteiger partial charge in [-0.2, -0.15) is 0 Å². The molecule has 4 aliphatic carbocycles. The van der Waals surface area contributed by atoms with Gasteiger partial charge >= 0.3 is 0 Å². The summed E-state index contributed by atoms with van der Waals surface area (Å²) in [5.74, 6) is 0.893. The zero-order chi connectivity index (χ0) is 48.8. The average Bonchev–Trinajstić information content (AvgIpc) is 3.91. The Balaban J connectivity index is 0.000000176. The molecule has 0 saturated carbocycles. The van der Waals surface area contributed by atoms with E-state index in [-0.39, 0.29) is 5.41 Å². The summed E-state index contributed by atoms with van der Waals surface area (Å²) < 4.78 is 0. The Morgan fingerprint density at radius 2 is 0.913 bits per heavy atom. The molecule has 0 heterocycles. The van der Waals surface area contributed by atoms with E-state index in [2.05, 4.69) is 239 Å². The van der Waals surface area contributed by atoms with E-state index in [1.165, 1.54) is 94.6 Å². The lowest BCUT2D eigenvalue weighted by atomic mass is 9.70. The fraction of sp³-hybridized carbons (Fsp3) is 0.188. The van der Waals surface area contributed by atoms with Crippen LogP contribution in [-0.2, 0) is 5.41 Å². The van der Waals surface area contributed by atoms with Crippen LogP contribution in [0.25, 0.3) is 39.0 Å². The third-order valence-electron chi connectivity index (χ3n) is 13.5. The smallest absolute Gasteiger partial charge is 0.0725 e. The standard InChI is InChI=1S/C35H24.C21H20.C7H8.3C2H6/c1-2-11-24-22-25(21-20-23(24)10-1)26-15-9-19-33-34(26)29-14-5-8-18-32(29)35(33)30-16-6-3-12-27(30)28-13-4-7-17-31(28)35;1-16-7-6-10-21(15-16)17(2)18-11-13-20(14-12-18)19-8-4-3-5-9-19;1-7-5-3-2-4-6-7;3*1-2/h1-21,24H,22H2;3-15,17H,1-2H3;2-6H,1H3;3*1-2H3. The maximum absolute atomic E-state index is 2.38. The highest BCUT2D eigenvalue weighted by atomic mass is 14.5. The molecule has 0 fully saturated rings. The number of allylic oxidation sites excluding steroid dienone is 8. The first-order valence-electron chi connectivity index (χ1n) is 25.4. The third kappa shape index (κ3) is 10.1. The first kappa shape index (κ1) is 49.6. The molecule has 0 heteroatoms. The molecule has 0 nitrogen and oxygen atoms in total.